The van der Waals surface area contributed by atoms with Crippen molar-refractivity contribution in [2.45, 2.75) is 33.2 Å². The van der Waals surface area contributed by atoms with E-state index in [1.165, 1.54) is 0 Å². The van der Waals surface area contributed by atoms with Crippen LogP contribution in [0.5, 0.6) is 0 Å². The van der Waals surface area contributed by atoms with Crippen molar-refractivity contribution in [3.05, 3.63) is 0 Å². The summed E-state index contributed by atoms with van der Waals surface area (Å²) in [7, 11) is 0. The summed E-state index contributed by atoms with van der Waals surface area (Å²) >= 11 is 3.10. The van der Waals surface area contributed by atoms with E-state index in [0.29, 0.717) is 17.3 Å². The summed E-state index contributed by atoms with van der Waals surface area (Å²) in [5, 5.41) is 3.27. The van der Waals surface area contributed by atoms with Crippen LogP contribution in [-0.2, 0) is 4.79 Å². The van der Waals surface area contributed by atoms with Gasteiger partial charge in [0, 0.05) is 6.04 Å². The molecule has 1 atom stereocenters. The van der Waals surface area contributed by atoms with Crippen molar-refractivity contribution >= 4 is 21.8 Å². The van der Waals surface area contributed by atoms with E-state index >= 15 is 0 Å². The van der Waals surface area contributed by atoms with Crippen LogP contribution in [0.1, 0.15) is 27.2 Å². The third-order valence-electron chi connectivity index (χ3n) is 1.35. The lowest BCUT2D eigenvalue weighted by molar-refractivity contribution is -0.119. The van der Waals surface area contributed by atoms with Crippen LogP contribution in [0.2, 0.25) is 0 Å². The van der Waals surface area contributed by atoms with E-state index in [0.717, 1.165) is 6.42 Å². The zero-order valence-corrected chi connectivity index (χ0v) is 8.94. The summed E-state index contributed by atoms with van der Waals surface area (Å²) in [6.07, 6.45) is 1.04. The third kappa shape index (κ3) is 6.35. The summed E-state index contributed by atoms with van der Waals surface area (Å²) in [6.45, 7) is 6.33. The highest BCUT2D eigenvalue weighted by molar-refractivity contribution is 9.09. The predicted octanol–water partition coefficient (Wildman–Crippen LogP) is 1.93. The zero-order valence-electron chi connectivity index (χ0n) is 7.36. The standard InChI is InChI=1S/C8H16BrNO/c1-6(2)4-7(3)10-8(11)5-9/h6-7H,4-5H2,1-3H3,(H,10,11). The average Bonchev–Trinajstić information content (AvgIpc) is 1.85. The number of carbonyl (C=O) groups is 1. The SMILES string of the molecule is CC(C)CC(C)NC(=O)CBr. The second-order valence-corrected chi connectivity index (χ2v) is 3.79. The Labute approximate surface area is 76.9 Å². The van der Waals surface area contributed by atoms with E-state index < -0.39 is 0 Å². The first kappa shape index (κ1) is 11.0. The van der Waals surface area contributed by atoms with Gasteiger partial charge in [0.1, 0.15) is 0 Å². The smallest absolute Gasteiger partial charge is 0.230 e. The number of carbonyl (C=O) groups excluding carboxylic acids is 1. The Morgan fingerprint density at radius 2 is 2.00 bits per heavy atom. The molecule has 0 aromatic rings. The van der Waals surface area contributed by atoms with Crippen LogP contribution in [0, 0.1) is 5.92 Å². The Hall–Kier alpha value is -0.0500. The summed E-state index contributed by atoms with van der Waals surface area (Å²) in [5.74, 6) is 0.707. The first-order valence-corrected chi connectivity index (χ1v) is 5.03. The molecule has 0 aliphatic rings. The van der Waals surface area contributed by atoms with Gasteiger partial charge in [0.05, 0.1) is 5.33 Å². The fourth-order valence-corrected chi connectivity index (χ4v) is 1.24. The number of hydrogen-bond acceptors (Lipinski definition) is 1. The molecule has 0 fully saturated rings. The maximum atomic E-state index is 10.8. The number of rotatable bonds is 4. The molecule has 0 aliphatic heterocycles. The molecule has 1 N–H and O–H groups in total. The number of hydrogen-bond donors (Lipinski definition) is 1. The van der Waals surface area contributed by atoms with Gasteiger partial charge in [-0.3, -0.25) is 4.79 Å². The fourth-order valence-electron chi connectivity index (χ4n) is 1.08. The van der Waals surface area contributed by atoms with Gasteiger partial charge in [0.25, 0.3) is 0 Å². The quantitative estimate of drug-likeness (QED) is 0.723. The molecule has 0 saturated carbocycles. The Morgan fingerprint density at radius 1 is 1.45 bits per heavy atom. The highest BCUT2D eigenvalue weighted by Crippen LogP contribution is 2.03. The number of alkyl halides is 1. The molecule has 0 aliphatic carbocycles. The molecule has 1 unspecified atom stereocenters. The number of nitrogens with one attached hydrogen (secondary N) is 1. The lowest BCUT2D eigenvalue weighted by atomic mass is 10.1. The van der Waals surface area contributed by atoms with Gasteiger partial charge in [-0.25, -0.2) is 0 Å². The molecule has 0 heterocycles. The van der Waals surface area contributed by atoms with E-state index in [9.17, 15) is 4.79 Å². The molecular weight excluding hydrogens is 206 g/mol. The minimum atomic E-state index is 0.0677. The summed E-state index contributed by atoms with van der Waals surface area (Å²) < 4.78 is 0. The van der Waals surface area contributed by atoms with Crippen molar-refractivity contribution < 1.29 is 4.79 Å². The Kier molecular flexibility index (Phi) is 5.56. The van der Waals surface area contributed by atoms with E-state index in [2.05, 4.69) is 35.1 Å². The van der Waals surface area contributed by atoms with Crippen LogP contribution in [0.15, 0.2) is 0 Å². The molecule has 0 spiro atoms. The van der Waals surface area contributed by atoms with Gasteiger partial charge >= 0.3 is 0 Å². The zero-order chi connectivity index (χ0) is 8.85. The lowest BCUT2D eigenvalue weighted by Crippen LogP contribution is -2.34. The van der Waals surface area contributed by atoms with Crippen LogP contribution in [0.3, 0.4) is 0 Å². The molecular formula is C8H16BrNO. The Balaban J connectivity index is 3.51. The first-order chi connectivity index (χ1) is 5.06. The van der Waals surface area contributed by atoms with Crippen molar-refractivity contribution in [2.24, 2.45) is 5.92 Å². The van der Waals surface area contributed by atoms with E-state index in [1.54, 1.807) is 0 Å². The summed E-state index contributed by atoms with van der Waals surface area (Å²) in [4.78, 5) is 10.8. The molecule has 11 heavy (non-hydrogen) atoms. The van der Waals surface area contributed by atoms with Crippen LogP contribution in [0.4, 0.5) is 0 Å². The van der Waals surface area contributed by atoms with E-state index in [1.807, 2.05) is 6.92 Å². The van der Waals surface area contributed by atoms with Crippen molar-refractivity contribution in [1.82, 2.24) is 5.32 Å². The molecule has 66 valence electrons. The van der Waals surface area contributed by atoms with Crippen molar-refractivity contribution in [2.75, 3.05) is 5.33 Å². The van der Waals surface area contributed by atoms with Gasteiger partial charge < -0.3 is 5.32 Å². The van der Waals surface area contributed by atoms with Gasteiger partial charge in [0.15, 0.2) is 0 Å². The second kappa shape index (κ2) is 5.58. The van der Waals surface area contributed by atoms with Crippen LogP contribution >= 0.6 is 15.9 Å². The van der Waals surface area contributed by atoms with Crippen LogP contribution in [0.25, 0.3) is 0 Å². The maximum Gasteiger partial charge on any atom is 0.230 e. The highest BCUT2D eigenvalue weighted by atomic mass is 79.9. The molecule has 0 bridgehead atoms. The van der Waals surface area contributed by atoms with Crippen molar-refractivity contribution in [3.63, 3.8) is 0 Å². The fraction of sp³-hybridized carbons (Fsp3) is 0.875. The molecule has 2 nitrogen and oxygen atoms in total. The molecule has 0 radical (unpaired) electrons. The normalized spacial score (nSPS) is 13.2. The lowest BCUT2D eigenvalue weighted by Gasteiger charge is -2.14. The Bertz CT molecular complexity index is 125. The molecule has 3 heteroatoms. The number of amides is 1. The van der Waals surface area contributed by atoms with Crippen molar-refractivity contribution in [1.29, 1.82) is 0 Å². The number of halogens is 1. The topological polar surface area (TPSA) is 29.1 Å². The van der Waals surface area contributed by atoms with Gasteiger partial charge in [-0.1, -0.05) is 29.8 Å². The minimum Gasteiger partial charge on any atom is -0.353 e. The predicted molar refractivity (Wildman–Crippen MR) is 50.9 cm³/mol. The summed E-state index contributed by atoms with van der Waals surface area (Å²) in [6, 6.07) is 0.292. The minimum absolute atomic E-state index is 0.0677. The van der Waals surface area contributed by atoms with E-state index in [-0.39, 0.29) is 5.91 Å². The molecule has 0 saturated heterocycles. The largest absolute Gasteiger partial charge is 0.353 e. The summed E-state index contributed by atoms with van der Waals surface area (Å²) in [5.41, 5.74) is 0. The average molecular weight is 222 g/mol. The van der Waals surface area contributed by atoms with E-state index in [4.69, 9.17) is 0 Å². The molecule has 0 aromatic heterocycles. The first-order valence-electron chi connectivity index (χ1n) is 3.91. The third-order valence-corrected chi connectivity index (χ3v) is 1.86. The molecule has 1 amide bonds. The van der Waals surface area contributed by atoms with Crippen molar-refractivity contribution in [3.8, 4) is 0 Å². The van der Waals surface area contributed by atoms with Gasteiger partial charge in [-0.15, -0.1) is 0 Å². The maximum absolute atomic E-state index is 10.8. The Morgan fingerprint density at radius 3 is 2.36 bits per heavy atom. The molecule has 0 rings (SSSR count). The molecule has 0 aromatic carbocycles. The second-order valence-electron chi connectivity index (χ2n) is 3.23. The van der Waals surface area contributed by atoms with Crippen LogP contribution in [-0.4, -0.2) is 17.3 Å². The monoisotopic (exact) mass is 221 g/mol. The van der Waals surface area contributed by atoms with Crippen LogP contribution < -0.4 is 5.32 Å². The van der Waals surface area contributed by atoms with Gasteiger partial charge in [-0.05, 0) is 19.3 Å². The van der Waals surface area contributed by atoms with Gasteiger partial charge in [-0.2, -0.15) is 0 Å². The highest BCUT2D eigenvalue weighted by Gasteiger charge is 2.06. The van der Waals surface area contributed by atoms with Gasteiger partial charge in [0.2, 0.25) is 5.91 Å².